The van der Waals surface area contributed by atoms with Crippen LogP contribution < -0.4 is 10.5 Å². The van der Waals surface area contributed by atoms with Gasteiger partial charge in [-0.15, -0.1) is 0 Å². The van der Waals surface area contributed by atoms with E-state index in [4.69, 9.17) is 10.5 Å². The van der Waals surface area contributed by atoms with Crippen LogP contribution in [0.1, 0.15) is 33.3 Å². The van der Waals surface area contributed by atoms with Crippen molar-refractivity contribution < 1.29 is 4.74 Å². The van der Waals surface area contributed by atoms with Gasteiger partial charge >= 0.3 is 0 Å². The maximum Gasteiger partial charge on any atom is 0.219 e. The maximum absolute atomic E-state index is 5.99. The second-order valence-corrected chi connectivity index (χ2v) is 5.08. The molecule has 2 rings (SSSR count). The minimum Gasteiger partial charge on any atom is -0.439 e. The van der Waals surface area contributed by atoms with E-state index in [1.165, 1.54) is 5.56 Å². The Hall–Kier alpha value is -1.87. The van der Waals surface area contributed by atoms with Crippen molar-refractivity contribution in [2.45, 2.75) is 39.7 Å². The summed E-state index contributed by atoms with van der Waals surface area (Å²) in [6.07, 6.45) is 2.55. The molecule has 0 unspecified atom stereocenters. The van der Waals surface area contributed by atoms with E-state index in [-0.39, 0.29) is 5.54 Å². The van der Waals surface area contributed by atoms with Gasteiger partial charge in [-0.05, 0) is 44.0 Å². The predicted octanol–water partition coefficient (Wildman–Crippen LogP) is 4.18. The lowest BCUT2D eigenvalue weighted by atomic mass is 9.96. The first-order valence-electron chi connectivity index (χ1n) is 7.00. The summed E-state index contributed by atoms with van der Waals surface area (Å²) in [4.78, 5) is 4.11. The van der Waals surface area contributed by atoms with Gasteiger partial charge in [-0.3, -0.25) is 0 Å². The molecular formula is C17H24N2O. The molecule has 0 saturated heterocycles. The van der Waals surface area contributed by atoms with Crippen molar-refractivity contribution in [2.75, 3.05) is 0 Å². The zero-order chi connectivity index (χ0) is 15.0. The summed E-state index contributed by atoms with van der Waals surface area (Å²) in [6, 6.07) is 13.5. The van der Waals surface area contributed by atoms with Crippen LogP contribution in [0.5, 0.6) is 11.6 Å². The highest BCUT2D eigenvalue weighted by Gasteiger charge is 2.11. The van der Waals surface area contributed by atoms with Crippen LogP contribution in [0.3, 0.4) is 0 Å². The molecule has 0 saturated carbocycles. The fourth-order valence-electron chi connectivity index (χ4n) is 1.73. The van der Waals surface area contributed by atoms with E-state index in [0.29, 0.717) is 5.88 Å². The van der Waals surface area contributed by atoms with Crippen LogP contribution in [0.4, 0.5) is 0 Å². The van der Waals surface area contributed by atoms with E-state index >= 15 is 0 Å². The van der Waals surface area contributed by atoms with Crippen LogP contribution in [-0.2, 0) is 6.42 Å². The van der Waals surface area contributed by atoms with Gasteiger partial charge in [0.05, 0.1) is 0 Å². The molecule has 0 aliphatic rings. The topological polar surface area (TPSA) is 48.1 Å². The second kappa shape index (κ2) is 7.65. The molecule has 1 aromatic heterocycles. The van der Waals surface area contributed by atoms with Crippen LogP contribution >= 0.6 is 0 Å². The molecule has 0 bridgehead atoms. The van der Waals surface area contributed by atoms with Gasteiger partial charge in [0.2, 0.25) is 5.88 Å². The van der Waals surface area contributed by atoms with Crippen molar-refractivity contribution in [1.82, 2.24) is 4.98 Å². The first-order valence-corrected chi connectivity index (χ1v) is 7.00. The Labute approximate surface area is 121 Å². The lowest BCUT2D eigenvalue weighted by Gasteiger charge is -2.18. The molecule has 0 aliphatic carbocycles. The molecule has 0 atom stereocenters. The fourth-order valence-corrected chi connectivity index (χ4v) is 1.73. The van der Waals surface area contributed by atoms with Gasteiger partial charge in [-0.1, -0.05) is 32.0 Å². The fraction of sp³-hybridized carbons (Fsp3) is 0.353. The molecule has 108 valence electrons. The average molecular weight is 272 g/mol. The van der Waals surface area contributed by atoms with Crippen LogP contribution in [0.2, 0.25) is 0 Å². The lowest BCUT2D eigenvalue weighted by molar-refractivity contribution is 0.462. The molecule has 0 amide bonds. The number of aromatic nitrogens is 1. The van der Waals surface area contributed by atoms with E-state index < -0.39 is 0 Å². The van der Waals surface area contributed by atoms with Crippen molar-refractivity contribution >= 4 is 0 Å². The number of benzene rings is 1. The minimum absolute atomic E-state index is 0.191. The van der Waals surface area contributed by atoms with Crippen LogP contribution in [0.25, 0.3) is 0 Å². The Morgan fingerprint density at radius 2 is 1.70 bits per heavy atom. The van der Waals surface area contributed by atoms with Gasteiger partial charge in [-0.2, -0.15) is 0 Å². The van der Waals surface area contributed by atoms with Gasteiger partial charge < -0.3 is 10.5 Å². The molecule has 0 spiro atoms. The zero-order valence-electron chi connectivity index (χ0n) is 12.8. The zero-order valence-corrected chi connectivity index (χ0v) is 12.8. The molecule has 1 heterocycles. The predicted molar refractivity (Wildman–Crippen MR) is 84.1 cm³/mol. The van der Waals surface area contributed by atoms with Gasteiger partial charge in [0, 0.05) is 17.8 Å². The molecule has 2 aromatic rings. The normalized spacial score (nSPS) is 10.4. The van der Waals surface area contributed by atoms with Crippen LogP contribution in [-0.4, -0.2) is 10.5 Å². The number of hydrogen-bond acceptors (Lipinski definition) is 3. The van der Waals surface area contributed by atoms with E-state index in [0.717, 1.165) is 12.2 Å². The number of pyridine rings is 1. The smallest absolute Gasteiger partial charge is 0.219 e. The standard InChI is InChI=1S/C15H18N2O.C2H6/c1-15(2,16)11-12-6-8-13(9-7-12)18-14-5-3-4-10-17-14;1-2/h3-10H,11,16H2,1-2H3;1-2H3. The highest BCUT2D eigenvalue weighted by Crippen LogP contribution is 2.20. The summed E-state index contributed by atoms with van der Waals surface area (Å²) in [5.41, 5.74) is 7.00. The molecule has 20 heavy (non-hydrogen) atoms. The molecule has 3 nitrogen and oxygen atoms in total. The van der Waals surface area contributed by atoms with Crippen LogP contribution in [0, 0.1) is 0 Å². The third kappa shape index (κ3) is 5.85. The van der Waals surface area contributed by atoms with E-state index in [2.05, 4.69) is 4.98 Å². The summed E-state index contributed by atoms with van der Waals surface area (Å²) in [5.74, 6) is 1.39. The van der Waals surface area contributed by atoms with Crippen molar-refractivity contribution in [3.63, 3.8) is 0 Å². The summed E-state index contributed by atoms with van der Waals surface area (Å²) in [7, 11) is 0. The third-order valence-electron chi connectivity index (χ3n) is 2.44. The van der Waals surface area contributed by atoms with Crippen molar-refractivity contribution in [3.8, 4) is 11.6 Å². The molecule has 1 aromatic carbocycles. The maximum atomic E-state index is 5.99. The molecule has 0 aliphatic heterocycles. The van der Waals surface area contributed by atoms with Crippen molar-refractivity contribution in [1.29, 1.82) is 0 Å². The van der Waals surface area contributed by atoms with E-state index in [1.54, 1.807) is 6.20 Å². The Bertz CT molecular complexity index is 487. The second-order valence-electron chi connectivity index (χ2n) is 5.08. The summed E-state index contributed by atoms with van der Waals surface area (Å²) < 4.78 is 5.62. The quantitative estimate of drug-likeness (QED) is 0.908. The molecule has 0 radical (unpaired) electrons. The first kappa shape index (κ1) is 16.2. The SMILES string of the molecule is CC.CC(C)(N)Cc1ccc(Oc2ccccn2)cc1. The van der Waals surface area contributed by atoms with Gasteiger partial charge in [0.15, 0.2) is 0 Å². The number of ether oxygens (including phenoxy) is 1. The summed E-state index contributed by atoms with van der Waals surface area (Å²) in [5, 5.41) is 0. The summed E-state index contributed by atoms with van der Waals surface area (Å²) >= 11 is 0. The molecule has 2 N–H and O–H groups in total. The lowest BCUT2D eigenvalue weighted by Crippen LogP contribution is -2.34. The number of rotatable bonds is 4. The Morgan fingerprint density at radius 1 is 1.05 bits per heavy atom. The summed E-state index contributed by atoms with van der Waals surface area (Å²) in [6.45, 7) is 8.04. The van der Waals surface area contributed by atoms with Crippen LogP contribution in [0.15, 0.2) is 48.7 Å². The van der Waals surface area contributed by atoms with Gasteiger partial charge in [-0.25, -0.2) is 4.98 Å². The Kier molecular flexibility index (Phi) is 6.19. The molecule has 3 heteroatoms. The minimum atomic E-state index is -0.191. The number of hydrogen-bond donors (Lipinski definition) is 1. The monoisotopic (exact) mass is 272 g/mol. The third-order valence-corrected chi connectivity index (χ3v) is 2.44. The molecular weight excluding hydrogens is 248 g/mol. The Balaban J connectivity index is 0.000000956. The largest absolute Gasteiger partial charge is 0.439 e. The Morgan fingerprint density at radius 3 is 2.20 bits per heavy atom. The number of nitrogens with zero attached hydrogens (tertiary/aromatic N) is 1. The first-order chi connectivity index (χ1) is 9.53. The van der Waals surface area contributed by atoms with Gasteiger partial charge in [0.25, 0.3) is 0 Å². The van der Waals surface area contributed by atoms with Gasteiger partial charge in [0.1, 0.15) is 5.75 Å². The number of nitrogens with two attached hydrogens (primary N) is 1. The highest BCUT2D eigenvalue weighted by molar-refractivity contribution is 5.31. The van der Waals surface area contributed by atoms with Crippen molar-refractivity contribution in [2.24, 2.45) is 5.73 Å². The van der Waals surface area contributed by atoms with E-state index in [9.17, 15) is 0 Å². The van der Waals surface area contributed by atoms with E-state index in [1.807, 2.05) is 70.2 Å². The molecule has 0 fully saturated rings. The average Bonchev–Trinajstić information content (AvgIpc) is 2.43. The van der Waals surface area contributed by atoms with Crippen molar-refractivity contribution in [3.05, 3.63) is 54.2 Å². The highest BCUT2D eigenvalue weighted by atomic mass is 16.5.